The molecule has 4 nitrogen and oxygen atoms in total. The Morgan fingerprint density at radius 1 is 1.18 bits per heavy atom. The third-order valence-electron chi connectivity index (χ3n) is 5.10. The van der Waals surface area contributed by atoms with Crippen LogP contribution in [0.1, 0.15) is 61.9 Å². The summed E-state index contributed by atoms with van der Waals surface area (Å²) in [6, 6.07) is 7.53. The van der Waals surface area contributed by atoms with Gasteiger partial charge in [-0.3, -0.25) is 9.78 Å². The number of pyridine rings is 1. The van der Waals surface area contributed by atoms with E-state index in [-0.39, 0.29) is 18.6 Å². The third kappa shape index (κ3) is 4.98. The number of hydrogen-bond donors (Lipinski definition) is 0. The molecule has 1 aliphatic carbocycles. The number of aromatic nitrogens is 1. The van der Waals surface area contributed by atoms with Crippen molar-refractivity contribution in [2.45, 2.75) is 64.6 Å². The van der Waals surface area contributed by atoms with Gasteiger partial charge in [-0.1, -0.05) is 48.5 Å². The van der Waals surface area contributed by atoms with Gasteiger partial charge in [0.05, 0.1) is 15.6 Å². The summed E-state index contributed by atoms with van der Waals surface area (Å²) in [5, 5.41) is 0.909. The molecular formula is C22H26Cl2N2O2. The molecule has 0 spiro atoms. The van der Waals surface area contributed by atoms with Crippen molar-refractivity contribution in [3.05, 3.63) is 57.8 Å². The SMILES string of the molecule is CC(C)N(C(=O)c1cncc(COc2c(Cl)cccc2Cl)c1)C1CCCCC1. The molecule has 150 valence electrons. The van der Waals surface area contributed by atoms with Crippen LogP contribution in [-0.2, 0) is 6.61 Å². The van der Waals surface area contributed by atoms with Crippen molar-refractivity contribution in [1.82, 2.24) is 9.88 Å². The zero-order valence-corrected chi connectivity index (χ0v) is 17.8. The van der Waals surface area contributed by atoms with Crippen LogP contribution in [0.15, 0.2) is 36.7 Å². The number of ether oxygens (including phenoxy) is 1. The molecule has 6 heteroatoms. The highest BCUT2D eigenvalue weighted by molar-refractivity contribution is 6.37. The van der Waals surface area contributed by atoms with Gasteiger partial charge in [-0.25, -0.2) is 0 Å². The highest BCUT2D eigenvalue weighted by Gasteiger charge is 2.28. The molecular weight excluding hydrogens is 395 g/mol. The van der Waals surface area contributed by atoms with E-state index in [4.69, 9.17) is 27.9 Å². The standard InChI is InChI=1S/C22H26Cl2N2O2/c1-15(2)26(18-7-4-3-5-8-18)22(27)17-11-16(12-25-13-17)14-28-21-19(23)9-6-10-20(21)24/h6,9-13,15,18H,3-5,7-8,14H2,1-2H3. The van der Waals surface area contributed by atoms with Crippen LogP contribution in [0, 0.1) is 0 Å². The topological polar surface area (TPSA) is 42.4 Å². The average Bonchev–Trinajstić information content (AvgIpc) is 2.68. The number of nitrogens with zero attached hydrogens (tertiary/aromatic N) is 2. The second-order valence-corrected chi connectivity index (χ2v) is 8.33. The Morgan fingerprint density at radius 3 is 2.50 bits per heavy atom. The summed E-state index contributed by atoms with van der Waals surface area (Å²) in [5.41, 5.74) is 1.39. The number of carbonyl (C=O) groups is 1. The van der Waals surface area contributed by atoms with Gasteiger partial charge < -0.3 is 9.64 Å². The normalized spacial score (nSPS) is 14.9. The van der Waals surface area contributed by atoms with Crippen LogP contribution >= 0.6 is 23.2 Å². The van der Waals surface area contributed by atoms with Crippen LogP contribution in [0.2, 0.25) is 10.0 Å². The molecule has 1 aromatic carbocycles. The number of rotatable bonds is 6. The average molecular weight is 421 g/mol. The lowest BCUT2D eigenvalue weighted by Gasteiger charge is -2.37. The molecule has 0 N–H and O–H groups in total. The number of carbonyl (C=O) groups excluding carboxylic acids is 1. The van der Waals surface area contributed by atoms with E-state index in [9.17, 15) is 4.79 Å². The number of benzene rings is 1. The van der Waals surface area contributed by atoms with Crippen molar-refractivity contribution in [3.8, 4) is 5.75 Å². The van der Waals surface area contributed by atoms with Crippen LogP contribution in [0.4, 0.5) is 0 Å². The summed E-state index contributed by atoms with van der Waals surface area (Å²) in [7, 11) is 0. The third-order valence-corrected chi connectivity index (χ3v) is 5.70. The number of para-hydroxylation sites is 1. The van der Waals surface area contributed by atoms with Crippen molar-refractivity contribution < 1.29 is 9.53 Å². The molecule has 1 heterocycles. The molecule has 0 bridgehead atoms. The van der Waals surface area contributed by atoms with Crippen molar-refractivity contribution in [2.75, 3.05) is 0 Å². The van der Waals surface area contributed by atoms with Gasteiger partial charge in [0.1, 0.15) is 6.61 Å². The molecule has 1 saturated carbocycles. The fourth-order valence-electron chi connectivity index (χ4n) is 3.79. The van der Waals surface area contributed by atoms with E-state index in [1.807, 2.05) is 11.0 Å². The van der Waals surface area contributed by atoms with E-state index in [1.54, 1.807) is 30.6 Å². The van der Waals surface area contributed by atoms with Gasteiger partial charge in [-0.2, -0.15) is 0 Å². The van der Waals surface area contributed by atoms with Crippen molar-refractivity contribution in [1.29, 1.82) is 0 Å². The molecule has 3 rings (SSSR count). The summed E-state index contributed by atoms with van der Waals surface area (Å²) in [6.45, 7) is 4.39. The minimum absolute atomic E-state index is 0.0343. The van der Waals surface area contributed by atoms with E-state index in [0.29, 0.717) is 27.4 Å². The Labute approximate surface area is 176 Å². The summed E-state index contributed by atoms with van der Waals surface area (Å²) in [4.78, 5) is 19.5. The summed E-state index contributed by atoms with van der Waals surface area (Å²) in [6.07, 6.45) is 9.11. The minimum atomic E-state index is 0.0343. The first-order chi connectivity index (χ1) is 13.5. The zero-order valence-electron chi connectivity index (χ0n) is 16.3. The molecule has 0 unspecified atom stereocenters. The second kappa shape index (κ2) is 9.62. The van der Waals surface area contributed by atoms with Gasteiger partial charge in [-0.05, 0) is 44.9 Å². The van der Waals surface area contributed by atoms with E-state index in [0.717, 1.165) is 18.4 Å². The van der Waals surface area contributed by atoms with E-state index < -0.39 is 0 Å². The van der Waals surface area contributed by atoms with Crippen LogP contribution in [0.25, 0.3) is 0 Å². The zero-order chi connectivity index (χ0) is 20.1. The lowest BCUT2D eigenvalue weighted by atomic mass is 9.93. The van der Waals surface area contributed by atoms with Gasteiger partial charge in [0.15, 0.2) is 5.75 Å². The second-order valence-electron chi connectivity index (χ2n) is 7.52. The maximum atomic E-state index is 13.2. The maximum Gasteiger partial charge on any atom is 0.255 e. The minimum Gasteiger partial charge on any atom is -0.486 e. The molecule has 1 aromatic heterocycles. The van der Waals surface area contributed by atoms with Crippen LogP contribution < -0.4 is 4.74 Å². The first kappa shape index (κ1) is 20.9. The lowest BCUT2D eigenvalue weighted by molar-refractivity contribution is 0.0554. The largest absolute Gasteiger partial charge is 0.486 e. The molecule has 0 aliphatic heterocycles. The number of halogens is 2. The van der Waals surface area contributed by atoms with Crippen molar-refractivity contribution >= 4 is 29.1 Å². The summed E-state index contributed by atoms with van der Waals surface area (Å²) >= 11 is 12.3. The van der Waals surface area contributed by atoms with E-state index in [1.165, 1.54) is 19.3 Å². The van der Waals surface area contributed by atoms with Gasteiger partial charge in [0, 0.05) is 30.0 Å². The predicted molar refractivity (Wildman–Crippen MR) is 113 cm³/mol. The predicted octanol–water partition coefficient (Wildman–Crippen LogP) is 6.15. The molecule has 0 atom stereocenters. The monoisotopic (exact) mass is 420 g/mol. The molecule has 2 aromatic rings. The molecule has 1 amide bonds. The van der Waals surface area contributed by atoms with E-state index in [2.05, 4.69) is 18.8 Å². The van der Waals surface area contributed by atoms with Gasteiger partial charge in [0.2, 0.25) is 0 Å². The number of amides is 1. The molecule has 0 saturated heterocycles. The molecule has 1 aliphatic rings. The Bertz CT molecular complexity index is 800. The van der Waals surface area contributed by atoms with Crippen molar-refractivity contribution in [3.63, 3.8) is 0 Å². The Kier molecular flexibility index (Phi) is 7.19. The van der Waals surface area contributed by atoms with Crippen LogP contribution in [-0.4, -0.2) is 27.9 Å². The lowest BCUT2D eigenvalue weighted by Crippen LogP contribution is -2.45. The molecule has 1 fully saturated rings. The fourth-order valence-corrected chi connectivity index (χ4v) is 4.30. The fraction of sp³-hybridized carbons (Fsp3) is 0.455. The maximum absolute atomic E-state index is 13.2. The van der Waals surface area contributed by atoms with Crippen molar-refractivity contribution in [2.24, 2.45) is 0 Å². The van der Waals surface area contributed by atoms with Gasteiger partial charge >= 0.3 is 0 Å². The summed E-state index contributed by atoms with van der Waals surface area (Å²) < 4.78 is 5.78. The van der Waals surface area contributed by atoms with Crippen LogP contribution in [0.3, 0.4) is 0 Å². The summed E-state index contributed by atoms with van der Waals surface area (Å²) in [5.74, 6) is 0.473. The van der Waals surface area contributed by atoms with Gasteiger partial charge in [-0.15, -0.1) is 0 Å². The highest BCUT2D eigenvalue weighted by atomic mass is 35.5. The number of hydrogen-bond acceptors (Lipinski definition) is 3. The first-order valence-corrected chi connectivity index (χ1v) is 10.6. The van der Waals surface area contributed by atoms with Gasteiger partial charge in [0.25, 0.3) is 5.91 Å². The van der Waals surface area contributed by atoms with Crippen LogP contribution in [0.5, 0.6) is 5.75 Å². The Hall–Kier alpha value is -1.78. The quantitative estimate of drug-likeness (QED) is 0.562. The Morgan fingerprint density at radius 2 is 1.86 bits per heavy atom. The Balaban J connectivity index is 1.75. The smallest absolute Gasteiger partial charge is 0.255 e. The molecule has 28 heavy (non-hydrogen) atoms. The highest BCUT2D eigenvalue weighted by Crippen LogP contribution is 2.33. The van der Waals surface area contributed by atoms with E-state index >= 15 is 0 Å². The molecule has 0 radical (unpaired) electrons. The first-order valence-electron chi connectivity index (χ1n) is 9.80.